The highest BCUT2D eigenvalue weighted by Gasteiger charge is 2.26. The Morgan fingerprint density at radius 1 is 1.14 bits per heavy atom. The Morgan fingerprint density at radius 2 is 2.00 bits per heavy atom. The fourth-order valence-electron chi connectivity index (χ4n) is 4.27. The molecule has 148 valence electrons. The first kappa shape index (κ1) is 17.6. The van der Waals surface area contributed by atoms with Crippen molar-refractivity contribution >= 4 is 5.91 Å². The quantitative estimate of drug-likeness (QED) is 0.878. The molecule has 0 bridgehead atoms. The van der Waals surface area contributed by atoms with Crippen LogP contribution in [0.5, 0.6) is 11.5 Å². The Morgan fingerprint density at radius 3 is 2.89 bits per heavy atom. The molecule has 1 amide bonds. The number of ether oxygens (including phenoxy) is 3. The SMILES string of the molecule is O=C(NCC1CCCCC1)c1cc2n(n1)C[C@H](c1ccc3c(c1)OCO3)OC2. The van der Waals surface area contributed by atoms with E-state index in [2.05, 4.69) is 10.4 Å². The molecule has 0 saturated heterocycles. The van der Waals surface area contributed by atoms with Crippen molar-refractivity contribution in [3.8, 4) is 11.5 Å². The van der Waals surface area contributed by atoms with Crippen molar-refractivity contribution in [1.82, 2.24) is 15.1 Å². The van der Waals surface area contributed by atoms with Crippen molar-refractivity contribution in [2.24, 2.45) is 5.92 Å². The van der Waals surface area contributed by atoms with E-state index >= 15 is 0 Å². The number of amides is 1. The molecule has 2 aromatic rings. The molecule has 1 atom stereocenters. The van der Waals surface area contributed by atoms with E-state index in [1.165, 1.54) is 32.1 Å². The summed E-state index contributed by atoms with van der Waals surface area (Å²) in [5.41, 5.74) is 2.43. The van der Waals surface area contributed by atoms with Crippen LogP contribution < -0.4 is 14.8 Å². The summed E-state index contributed by atoms with van der Waals surface area (Å²) in [6.45, 7) is 2.01. The van der Waals surface area contributed by atoms with Gasteiger partial charge in [0.2, 0.25) is 6.79 Å². The molecule has 1 aromatic carbocycles. The summed E-state index contributed by atoms with van der Waals surface area (Å²) < 4.78 is 18.7. The Labute approximate surface area is 164 Å². The van der Waals surface area contributed by atoms with E-state index in [-0.39, 0.29) is 18.8 Å². The highest BCUT2D eigenvalue weighted by atomic mass is 16.7. The number of fused-ring (bicyclic) bond motifs is 2. The predicted molar refractivity (Wildman–Crippen MR) is 101 cm³/mol. The van der Waals surface area contributed by atoms with Crippen molar-refractivity contribution in [3.05, 3.63) is 41.2 Å². The molecule has 7 nitrogen and oxygen atoms in total. The molecule has 1 saturated carbocycles. The third-order valence-electron chi connectivity index (χ3n) is 5.91. The third kappa shape index (κ3) is 3.46. The molecule has 0 spiro atoms. The van der Waals surface area contributed by atoms with Crippen LogP contribution in [0.4, 0.5) is 0 Å². The summed E-state index contributed by atoms with van der Waals surface area (Å²) in [5, 5.41) is 7.59. The van der Waals surface area contributed by atoms with Gasteiger partial charge in [0.15, 0.2) is 17.2 Å². The van der Waals surface area contributed by atoms with Gasteiger partial charge in [-0.05, 0) is 42.5 Å². The molecule has 0 radical (unpaired) electrons. The van der Waals surface area contributed by atoms with Gasteiger partial charge in [-0.1, -0.05) is 25.3 Å². The van der Waals surface area contributed by atoms with Crippen LogP contribution in [0.25, 0.3) is 0 Å². The number of carbonyl (C=O) groups excluding carboxylic acids is 1. The minimum Gasteiger partial charge on any atom is -0.454 e. The van der Waals surface area contributed by atoms with Gasteiger partial charge >= 0.3 is 0 Å². The van der Waals surface area contributed by atoms with Gasteiger partial charge in [-0.2, -0.15) is 5.10 Å². The van der Waals surface area contributed by atoms with Crippen molar-refractivity contribution < 1.29 is 19.0 Å². The van der Waals surface area contributed by atoms with E-state index in [1.807, 2.05) is 28.9 Å². The lowest BCUT2D eigenvalue weighted by Gasteiger charge is -2.24. The first-order valence-electron chi connectivity index (χ1n) is 10.1. The van der Waals surface area contributed by atoms with Crippen LogP contribution >= 0.6 is 0 Å². The van der Waals surface area contributed by atoms with Crippen LogP contribution in [0.15, 0.2) is 24.3 Å². The summed E-state index contributed by atoms with van der Waals surface area (Å²) in [6.07, 6.45) is 6.18. The van der Waals surface area contributed by atoms with Crippen LogP contribution in [-0.4, -0.2) is 29.0 Å². The normalized spacial score (nSPS) is 21.4. The van der Waals surface area contributed by atoms with Crippen molar-refractivity contribution in [2.75, 3.05) is 13.3 Å². The Hall–Kier alpha value is -2.54. The maximum absolute atomic E-state index is 12.5. The summed E-state index contributed by atoms with van der Waals surface area (Å²) in [6, 6.07) is 7.69. The first-order valence-corrected chi connectivity index (χ1v) is 10.1. The van der Waals surface area contributed by atoms with Gasteiger partial charge < -0.3 is 19.5 Å². The van der Waals surface area contributed by atoms with Crippen molar-refractivity contribution in [1.29, 1.82) is 0 Å². The number of benzene rings is 1. The van der Waals surface area contributed by atoms with Gasteiger partial charge in [-0.25, -0.2) is 0 Å². The molecule has 28 heavy (non-hydrogen) atoms. The Bertz CT molecular complexity index is 873. The smallest absolute Gasteiger partial charge is 0.271 e. The topological polar surface area (TPSA) is 74.6 Å². The molecule has 2 aliphatic heterocycles. The van der Waals surface area contributed by atoms with Gasteiger partial charge in [0.25, 0.3) is 5.91 Å². The van der Waals surface area contributed by atoms with E-state index in [0.29, 0.717) is 24.8 Å². The monoisotopic (exact) mass is 383 g/mol. The molecule has 1 N–H and O–H groups in total. The molecule has 3 heterocycles. The number of aromatic nitrogens is 2. The molecule has 0 unspecified atom stereocenters. The summed E-state index contributed by atoms with van der Waals surface area (Å²) in [5.74, 6) is 2.02. The standard InChI is InChI=1S/C21H25N3O4/c25-21(22-10-14-4-2-1-3-5-14)17-9-16-12-26-20(11-24(16)23-17)15-6-7-18-19(8-15)28-13-27-18/h6-9,14,20H,1-5,10-13H2,(H,22,25)/t20-/m1/s1. The van der Waals surface area contributed by atoms with Crippen LogP contribution in [0.2, 0.25) is 0 Å². The summed E-state index contributed by atoms with van der Waals surface area (Å²) in [7, 11) is 0. The molecule has 1 aliphatic carbocycles. The molecule has 3 aliphatic rings. The second kappa shape index (κ2) is 7.47. The van der Waals surface area contributed by atoms with Gasteiger partial charge in [-0.3, -0.25) is 9.48 Å². The van der Waals surface area contributed by atoms with Gasteiger partial charge in [0, 0.05) is 6.54 Å². The van der Waals surface area contributed by atoms with E-state index < -0.39 is 0 Å². The lowest BCUT2D eigenvalue weighted by molar-refractivity contribution is -0.00128. The molecular formula is C21H25N3O4. The lowest BCUT2D eigenvalue weighted by Crippen LogP contribution is -2.30. The average Bonchev–Trinajstić information content (AvgIpc) is 3.38. The Balaban J connectivity index is 1.24. The number of hydrogen-bond acceptors (Lipinski definition) is 5. The van der Waals surface area contributed by atoms with Crippen LogP contribution in [0.3, 0.4) is 0 Å². The number of nitrogens with zero attached hydrogens (tertiary/aromatic N) is 2. The van der Waals surface area contributed by atoms with Gasteiger partial charge in [0.1, 0.15) is 6.10 Å². The minimum atomic E-state index is -0.125. The number of carbonyl (C=O) groups is 1. The number of nitrogens with one attached hydrogen (secondary N) is 1. The maximum Gasteiger partial charge on any atom is 0.271 e. The second-order valence-corrected chi connectivity index (χ2v) is 7.83. The zero-order valence-corrected chi connectivity index (χ0v) is 15.9. The van der Waals surface area contributed by atoms with Crippen molar-refractivity contribution in [2.45, 2.75) is 51.4 Å². The highest BCUT2D eigenvalue weighted by molar-refractivity contribution is 5.92. The molecule has 1 fully saturated rings. The summed E-state index contributed by atoms with van der Waals surface area (Å²) >= 11 is 0. The number of rotatable bonds is 4. The second-order valence-electron chi connectivity index (χ2n) is 7.83. The van der Waals surface area contributed by atoms with Crippen molar-refractivity contribution in [3.63, 3.8) is 0 Å². The van der Waals surface area contributed by atoms with Gasteiger partial charge in [-0.15, -0.1) is 0 Å². The fourth-order valence-corrected chi connectivity index (χ4v) is 4.27. The summed E-state index contributed by atoms with van der Waals surface area (Å²) in [4.78, 5) is 12.5. The van der Waals surface area contributed by atoms with E-state index in [1.54, 1.807) is 0 Å². The van der Waals surface area contributed by atoms with Crippen LogP contribution in [-0.2, 0) is 17.9 Å². The third-order valence-corrected chi connectivity index (χ3v) is 5.91. The zero-order valence-electron chi connectivity index (χ0n) is 15.9. The molecule has 5 rings (SSSR count). The maximum atomic E-state index is 12.5. The van der Waals surface area contributed by atoms with E-state index in [4.69, 9.17) is 14.2 Å². The minimum absolute atomic E-state index is 0.0906. The fraction of sp³-hybridized carbons (Fsp3) is 0.524. The Kier molecular flexibility index (Phi) is 4.68. The van der Waals surface area contributed by atoms with E-state index in [0.717, 1.165) is 29.3 Å². The first-order chi connectivity index (χ1) is 13.8. The highest BCUT2D eigenvalue weighted by Crippen LogP contribution is 2.36. The molecule has 1 aromatic heterocycles. The largest absolute Gasteiger partial charge is 0.454 e. The van der Waals surface area contributed by atoms with Crippen LogP contribution in [0, 0.1) is 5.92 Å². The number of hydrogen-bond donors (Lipinski definition) is 1. The zero-order chi connectivity index (χ0) is 18.9. The lowest BCUT2D eigenvalue weighted by atomic mass is 9.89. The van der Waals surface area contributed by atoms with E-state index in [9.17, 15) is 4.79 Å². The van der Waals surface area contributed by atoms with Gasteiger partial charge in [0.05, 0.1) is 18.8 Å². The molecular weight excluding hydrogens is 358 g/mol. The molecule has 7 heteroatoms. The predicted octanol–water partition coefficient (Wildman–Crippen LogP) is 3.19. The van der Waals surface area contributed by atoms with Crippen LogP contribution in [0.1, 0.15) is 60.0 Å². The average molecular weight is 383 g/mol.